The van der Waals surface area contributed by atoms with Crippen LogP contribution in [0.4, 0.5) is 18.2 Å². The van der Waals surface area contributed by atoms with E-state index in [1.54, 1.807) is 6.92 Å². The molecule has 0 aromatic carbocycles. The maximum absolute atomic E-state index is 12.9. The number of fused-ring (bicyclic) bond motifs is 1. The molecular weight excluding hydrogens is 443 g/mol. The van der Waals surface area contributed by atoms with E-state index < -0.39 is 23.8 Å². The average molecular weight is 472 g/mol. The number of amides is 1. The van der Waals surface area contributed by atoms with Crippen molar-refractivity contribution in [2.24, 2.45) is 5.92 Å². The van der Waals surface area contributed by atoms with Gasteiger partial charge in [-0.05, 0) is 57.6 Å². The van der Waals surface area contributed by atoms with E-state index in [4.69, 9.17) is 4.74 Å². The molecule has 1 aliphatic carbocycles. The van der Waals surface area contributed by atoms with E-state index in [0.717, 1.165) is 42.2 Å². The number of hydrogen-bond acceptors (Lipinski definition) is 5. The summed E-state index contributed by atoms with van der Waals surface area (Å²) in [5.74, 6) is -1.49. The maximum atomic E-state index is 12.9. The van der Waals surface area contributed by atoms with Crippen LogP contribution in [0.5, 0.6) is 0 Å². The van der Waals surface area contributed by atoms with Gasteiger partial charge in [-0.1, -0.05) is 13.8 Å². The van der Waals surface area contributed by atoms with Crippen molar-refractivity contribution in [2.45, 2.75) is 78.6 Å². The molecule has 1 N–H and O–H groups in total. The minimum absolute atomic E-state index is 0.00845. The molecule has 2 atom stereocenters. The second kappa shape index (κ2) is 9.64. The Morgan fingerprint density at radius 1 is 1.28 bits per heavy atom. The molecule has 2 aromatic rings. The summed E-state index contributed by atoms with van der Waals surface area (Å²) in [6, 6.07) is 0.959. The molecule has 0 aliphatic heterocycles. The molecule has 176 valence electrons. The molecule has 0 spiro atoms. The van der Waals surface area contributed by atoms with E-state index >= 15 is 0 Å². The van der Waals surface area contributed by atoms with E-state index in [1.165, 1.54) is 22.9 Å². The molecule has 2 heterocycles. The van der Waals surface area contributed by atoms with Crippen molar-refractivity contribution in [1.82, 2.24) is 9.78 Å². The number of carbonyl (C=O) groups is 2. The number of alkyl halides is 3. The third-order valence-electron chi connectivity index (χ3n) is 5.66. The Bertz CT molecular complexity index is 997. The molecule has 10 heteroatoms. The lowest BCUT2D eigenvalue weighted by molar-refractivity contribution is -0.141. The van der Waals surface area contributed by atoms with Crippen molar-refractivity contribution >= 4 is 28.2 Å². The molecule has 0 saturated carbocycles. The molecule has 1 amide bonds. The van der Waals surface area contributed by atoms with Crippen molar-refractivity contribution in [3.05, 3.63) is 33.5 Å². The number of aromatic nitrogens is 2. The van der Waals surface area contributed by atoms with E-state index in [1.807, 2.05) is 13.8 Å². The van der Waals surface area contributed by atoms with Gasteiger partial charge < -0.3 is 10.1 Å². The number of nitrogens with zero attached hydrogens (tertiary/aromatic N) is 2. The zero-order valence-corrected chi connectivity index (χ0v) is 19.5. The standard InChI is InChI=1S/C22H28F3N3O3S/c1-5-14(4)31-21(30)18-15-8-6-7-9-16(15)32-20(18)26-19(29)12(2)11-28-13(3)10-17(27-28)22(23,24)25/h10,12,14H,5-9,11H2,1-4H3,(H,26,29). The number of halogens is 3. The van der Waals surface area contributed by atoms with Crippen LogP contribution in [-0.2, 0) is 35.1 Å². The topological polar surface area (TPSA) is 73.2 Å². The highest BCUT2D eigenvalue weighted by Gasteiger charge is 2.35. The monoisotopic (exact) mass is 471 g/mol. The van der Waals surface area contributed by atoms with Crippen LogP contribution < -0.4 is 5.32 Å². The Balaban J connectivity index is 1.79. The van der Waals surface area contributed by atoms with Gasteiger partial charge in [-0.3, -0.25) is 9.48 Å². The second-order valence-electron chi connectivity index (χ2n) is 8.28. The lowest BCUT2D eigenvalue weighted by atomic mass is 9.95. The minimum atomic E-state index is -4.54. The number of esters is 1. The number of anilines is 1. The zero-order chi connectivity index (χ0) is 23.6. The molecule has 0 fully saturated rings. The van der Waals surface area contributed by atoms with Gasteiger partial charge in [0.15, 0.2) is 5.69 Å². The van der Waals surface area contributed by atoms with Crippen molar-refractivity contribution in [3.8, 4) is 0 Å². The summed E-state index contributed by atoms with van der Waals surface area (Å²) < 4.78 is 45.5. The molecular formula is C22H28F3N3O3S. The molecule has 1 aliphatic rings. The van der Waals surface area contributed by atoms with Crippen molar-refractivity contribution in [3.63, 3.8) is 0 Å². The first-order valence-corrected chi connectivity index (χ1v) is 11.6. The molecule has 0 bridgehead atoms. The van der Waals surface area contributed by atoms with Gasteiger partial charge in [-0.25, -0.2) is 4.79 Å². The summed E-state index contributed by atoms with van der Waals surface area (Å²) in [6.45, 7) is 6.87. The van der Waals surface area contributed by atoms with Crippen LogP contribution in [0.1, 0.15) is 72.2 Å². The van der Waals surface area contributed by atoms with Crippen molar-refractivity contribution < 1.29 is 27.5 Å². The summed E-state index contributed by atoms with van der Waals surface area (Å²) in [5, 5.41) is 6.88. The summed E-state index contributed by atoms with van der Waals surface area (Å²) in [6.07, 6.45) is -0.497. The van der Waals surface area contributed by atoms with E-state index in [0.29, 0.717) is 22.7 Å². The van der Waals surface area contributed by atoms with E-state index in [9.17, 15) is 22.8 Å². The molecule has 2 unspecified atom stereocenters. The smallest absolute Gasteiger partial charge is 0.435 e. The molecule has 3 rings (SSSR count). The first-order chi connectivity index (χ1) is 15.0. The number of ether oxygens (including phenoxy) is 1. The number of aryl methyl sites for hydroxylation is 2. The normalized spacial score (nSPS) is 15.7. The maximum Gasteiger partial charge on any atom is 0.435 e. The Kier molecular flexibility index (Phi) is 7.32. The predicted molar refractivity (Wildman–Crippen MR) is 116 cm³/mol. The van der Waals surface area contributed by atoms with Crippen LogP contribution in [0.3, 0.4) is 0 Å². The zero-order valence-electron chi connectivity index (χ0n) is 18.6. The van der Waals surface area contributed by atoms with Crippen LogP contribution >= 0.6 is 11.3 Å². The molecule has 0 radical (unpaired) electrons. The quantitative estimate of drug-likeness (QED) is 0.550. The summed E-state index contributed by atoms with van der Waals surface area (Å²) in [7, 11) is 0. The fraction of sp³-hybridized carbons (Fsp3) is 0.591. The number of carbonyl (C=O) groups excluding carboxylic acids is 2. The molecule has 0 saturated heterocycles. The number of rotatable bonds is 7. The largest absolute Gasteiger partial charge is 0.459 e. The lowest BCUT2D eigenvalue weighted by Gasteiger charge is -2.16. The summed E-state index contributed by atoms with van der Waals surface area (Å²) in [4.78, 5) is 26.8. The predicted octanol–water partition coefficient (Wildman–Crippen LogP) is 5.38. The van der Waals surface area contributed by atoms with Gasteiger partial charge in [0, 0.05) is 10.6 Å². The van der Waals surface area contributed by atoms with Gasteiger partial charge in [0.2, 0.25) is 5.91 Å². The van der Waals surface area contributed by atoms with Crippen molar-refractivity contribution in [2.75, 3.05) is 5.32 Å². The SMILES string of the molecule is CCC(C)OC(=O)c1c(NC(=O)C(C)Cn2nc(C(F)(F)F)cc2C)sc2c1CCCC2. The Morgan fingerprint density at radius 3 is 2.59 bits per heavy atom. The molecule has 32 heavy (non-hydrogen) atoms. The van der Waals surface area contributed by atoms with Gasteiger partial charge in [0.1, 0.15) is 5.00 Å². The van der Waals surface area contributed by atoms with Gasteiger partial charge in [-0.15, -0.1) is 11.3 Å². The second-order valence-corrected chi connectivity index (χ2v) is 9.39. The van der Waals surface area contributed by atoms with E-state index in [-0.39, 0.29) is 18.6 Å². The van der Waals surface area contributed by atoms with Crippen LogP contribution in [-0.4, -0.2) is 27.8 Å². The van der Waals surface area contributed by atoms with Gasteiger partial charge >= 0.3 is 12.1 Å². The number of nitrogens with one attached hydrogen (secondary N) is 1. The fourth-order valence-corrected chi connectivity index (χ4v) is 4.89. The van der Waals surface area contributed by atoms with Crippen molar-refractivity contribution in [1.29, 1.82) is 0 Å². The lowest BCUT2D eigenvalue weighted by Crippen LogP contribution is -2.26. The fourth-order valence-electron chi connectivity index (χ4n) is 3.61. The highest BCUT2D eigenvalue weighted by atomic mass is 32.1. The molecule has 2 aromatic heterocycles. The highest BCUT2D eigenvalue weighted by molar-refractivity contribution is 7.17. The Hall–Kier alpha value is -2.36. The number of hydrogen-bond donors (Lipinski definition) is 1. The summed E-state index contributed by atoms with van der Waals surface area (Å²) in [5.41, 5.74) is 0.695. The summed E-state index contributed by atoms with van der Waals surface area (Å²) >= 11 is 1.38. The number of thiophene rings is 1. The third kappa shape index (κ3) is 5.33. The Morgan fingerprint density at radius 2 is 1.97 bits per heavy atom. The Labute approximate surface area is 189 Å². The van der Waals surface area contributed by atoms with Gasteiger partial charge in [0.05, 0.1) is 24.1 Å². The van der Waals surface area contributed by atoms with Crippen LogP contribution in [0.2, 0.25) is 0 Å². The van der Waals surface area contributed by atoms with E-state index in [2.05, 4.69) is 10.4 Å². The van der Waals surface area contributed by atoms with Gasteiger partial charge in [-0.2, -0.15) is 18.3 Å². The third-order valence-corrected chi connectivity index (χ3v) is 6.87. The first kappa shape index (κ1) is 24.3. The first-order valence-electron chi connectivity index (χ1n) is 10.8. The average Bonchev–Trinajstić information content (AvgIpc) is 3.27. The van der Waals surface area contributed by atoms with Crippen LogP contribution in [0.25, 0.3) is 0 Å². The molecule has 6 nitrogen and oxygen atoms in total. The minimum Gasteiger partial charge on any atom is -0.459 e. The van der Waals surface area contributed by atoms with Crippen LogP contribution in [0, 0.1) is 12.8 Å². The van der Waals surface area contributed by atoms with Crippen LogP contribution in [0.15, 0.2) is 6.07 Å². The van der Waals surface area contributed by atoms with Gasteiger partial charge in [0.25, 0.3) is 0 Å². The highest BCUT2D eigenvalue weighted by Crippen LogP contribution is 2.39.